The molecule has 76 valence electrons. The number of nitrogens with one attached hydrogen (secondary N) is 1. The van der Waals surface area contributed by atoms with E-state index in [1.165, 1.54) is 11.4 Å². The summed E-state index contributed by atoms with van der Waals surface area (Å²) < 4.78 is 0.895. The highest BCUT2D eigenvalue weighted by atomic mass is 79.9. The van der Waals surface area contributed by atoms with Crippen molar-refractivity contribution in [2.45, 2.75) is 0 Å². The van der Waals surface area contributed by atoms with Crippen LogP contribution < -0.4 is 10.2 Å². The molecule has 1 aromatic carbocycles. The standard InChI is InChI=1S/C10H8BrN3S/c11-9-5-15-10(13-9)14-6-12-7-3-1-2-4-8(7)14/h1-5,12H,6H2. The number of thiazole rings is 1. The summed E-state index contributed by atoms with van der Waals surface area (Å²) in [5.74, 6) is 0. The molecule has 0 spiro atoms. The molecule has 0 atom stereocenters. The summed E-state index contributed by atoms with van der Waals surface area (Å²) in [5, 5.41) is 6.34. The van der Waals surface area contributed by atoms with Crippen LogP contribution in [0.4, 0.5) is 16.5 Å². The minimum Gasteiger partial charge on any atom is -0.366 e. The lowest BCUT2D eigenvalue weighted by atomic mass is 10.3. The molecule has 2 aromatic rings. The zero-order chi connectivity index (χ0) is 10.3. The van der Waals surface area contributed by atoms with E-state index in [1.54, 1.807) is 11.3 Å². The van der Waals surface area contributed by atoms with Crippen molar-refractivity contribution < 1.29 is 0 Å². The number of halogens is 1. The Morgan fingerprint density at radius 3 is 3.07 bits per heavy atom. The summed E-state index contributed by atoms with van der Waals surface area (Å²) in [5.41, 5.74) is 2.36. The Kier molecular flexibility index (Phi) is 2.14. The number of hydrogen-bond donors (Lipinski definition) is 1. The molecule has 2 heterocycles. The summed E-state index contributed by atoms with van der Waals surface area (Å²) >= 11 is 5.01. The van der Waals surface area contributed by atoms with E-state index < -0.39 is 0 Å². The van der Waals surface area contributed by atoms with E-state index in [1.807, 2.05) is 17.5 Å². The van der Waals surface area contributed by atoms with E-state index in [9.17, 15) is 0 Å². The number of aromatic nitrogens is 1. The van der Waals surface area contributed by atoms with Gasteiger partial charge in [-0.3, -0.25) is 4.90 Å². The molecule has 0 unspecified atom stereocenters. The van der Waals surface area contributed by atoms with Crippen molar-refractivity contribution in [1.29, 1.82) is 0 Å². The van der Waals surface area contributed by atoms with Crippen LogP contribution in [0.2, 0.25) is 0 Å². The summed E-state index contributed by atoms with van der Waals surface area (Å²) in [6.45, 7) is 0.791. The second-order valence-electron chi connectivity index (χ2n) is 3.23. The van der Waals surface area contributed by atoms with Crippen LogP contribution in [0.1, 0.15) is 0 Å². The molecule has 15 heavy (non-hydrogen) atoms. The van der Waals surface area contributed by atoms with E-state index in [4.69, 9.17) is 0 Å². The summed E-state index contributed by atoms with van der Waals surface area (Å²) in [7, 11) is 0. The van der Waals surface area contributed by atoms with E-state index >= 15 is 0 Å². The summed E-state index contributed by atoms with van der Waals surface area (Å²) in [4.78, 5) is 6.58. The lowest BCUT2D eigenvalue weighted by Crippen LogP contribution is -2.15. The van der Waals surface area contributed by atoms with Crippen LogP contribution in [-0.2, 0) is 0 Å². The molecular weight excluding hydrogens is 274 g/mol. The third-order valence-electron chi connectivity index (χ3n) is 2.32. The minimum atomic E-state index is 0.791. The van der Waals surface area contributed by atoms with Crippen molar-refractivity contribution in [2.75, 3.05) is 16.9 Å². The van der Waals surface area contributed by atoms with E-state index in [0.717, 1.165) is 16.4 Å². The number of benzene rings is 1. The molecule has 0 saturated carbocycles. The zero-order valence-electron chi connectivity index (χ0n) is 7.77. The fourth-order valence-electron chi connectivity index (χ4n) is 1.65. The molecule has 0 aliphatic carbocycles. The quantitative estimate of drug-likeness (QED) is 0.868. The van der Waals surface area contributed by atoms with Gasteiger partial charge in [0.25, 0.3) is 0 Å². The maximum atomic E-state index is 4.41. The Morgan fingerprint density at radius 2 is 2.27 bits per heavy atom. The van der Waals surface area contributed by atoms with Crippen LogP contribution in [0.25, 0.3) is 0 Å². The maximum Gasteiger partial charge on any atom is 0.192 e. The molecule has 1 aliphatic heterocycles. The van der Waals surface area contributed by atoms with Gasteiger partial charge in [-0.2, -0.15) is 0 Å². The minimum absolute atomic E-state index is 0.791. The van der Waals surface area contributed by atoms with Crippen molar-refractivity contribution in [3.63, 3.8) is 0 Å². The Balaban J connectivity index is 2.04. The van der Waals surface area contributed by atoms with Crippen LogP contribution in [0.3, 0.4) is 0 Å². The summed E-state index contributed by atoms with van der Waals surface area (Å²) in [6, 6.07) is 8.26. The first kappa shape index (κ1) is 9.18. The normalized spacial score (nSPS) is 13.8. The van der Waals surface area contributed by atoms with E-state index in [0.29, 0.717) is 0 Å². The Morgan fingerprint density at radius 1 is 1.40 bits per heavy atom. The van der Waals surface area contributed by atoms with Gasteiger partial charge in [-0.05, 0) is 28.1 Å². The van der Waals surface area contributed by atoms with Crippen molar-refractivity contribution in [3.05, 3.63) is 34.2 Å². The average Bonchev–Trinajstić information content (AvgIpc) is 2.83. The third kappa shape index (κ3) is 1.52. The molecule has 1 aliphatic rings. The van der Waals surface area contributed by atoms with Crippen LogP contribution in [-0.4, -0.2) is 11.7 Å². The first-order valence-corrected chi connectivity index (χ1v) is 6.23. The van der Waals surface area contributed by atoms with Gasteiger partial charge in [0, 0.05) is 5.38 Å². The molecule has 0 radical (unpaired) electrons. The molecule has 0 bridgehead atoms. The second-order valence-corrected chi connectivity index (χ2v) is 4.88. The summed E-state index contributed by atoms with van der Waals surface area (Å²) in [6.07, 6.45) is 0. The number of hydrogen-bond acceptors (Lipinski definition) is 4. The monoisotopic (exact) mass is 281 g/mol. The molecule has 5 heteroatoms. The topological polar surface area (TPSA) is 28.2 Å². The lowest BCUT2D eigenvalue weighted by molar-refractivity contribution is 1.07. The van der Waals surface area contributed by atoms with E-state index in [2.05, 4.69) is 43.3 Å². The zero-order valence-corrected chi connectivity index (χ0v) is 10.2. The third-order valence-corrected chi connectivity index (χ3v) is 3.89. The van der Waals surface area contributed by atoms with Crippen molar-refractivity contribution in [1.82, 2.24) is 4.98 Å². The van der Waals surface area contributed by atoms with Crippen LogP contribution in [0, 0.1) is 0 Å². The highest BCUT2D eigenvalue weighted by Crippen LogP contribution is 2.38. The van der Waals surface area contributed by atoms with Crippen LogP contribution in [0.15, 0.2) is 34.2 Å². The van der Waals surface area contributed by atoms with Gasteiger partial charge >= 0.3 is 0 Å². The predicted octanol–water partition coefficient (Wildman–Crippen LogP) is 3.43. The van der Waals surface area contributed by atoms with Gasteiger partial charge in [-0.1, -0.05) is 12.1 Å². The average molecular weight is 282 g/mol. The number of rotatable bonds is 1. The maximum absolute atomic E-state index is 4.41. The van der Waals surface area contributed by atoms with Crippen molar-refractivity contribution in [2.24, 2.45) is 0 Å². The number of fused-ring (bicyclic) bond motifs is 1. The number of para-hydroxylation sites is 2. The highest BCUT2D eigenvalue weighted by Gasteiger charge is 2.21. The number of anilines is 3. The van der Waals surface area contributed by atoms with Gasteiger partial charge in [-0.15, -0.1) is 11.3 Å². The Hall–Kier alpha value is -1.07. The SMILES string of the molecule is Brc1csc(N2CNc3ccccc32)n1. The molecule has 0 saturated heterocycles. The van der Waals surface area contributed by atoms with Gasteiger partial charge in [-0.25, -0.2) is 4.98 Å². The second kappa shape index (κ2) is 3.50. The first-order chi connectivity index (χ1) is 7.34. The van der Waals surface area contributed by atoms with Gasteiger partial charge < -0.3 is 5.32 Å². The fraction of sp³-hybridized carbons (Fsp3) is 0.100. The molecule has 0 fully saturated rings. The molecule has 0 amide bonds. The van der Waals surface area contributed by atoms with E-state index in [-0.39, 0.29) is 0 Å². The molecule has 3 rings (SSSR count). The molecule has 1 aromatic heterocycles. The van der Waals surface area contributed by atoms with Gasteiger partial charge in [0.1, 0.15) is 4.60 Å². The Bertz CT molecular complexity index is 497. The molecule has 3 nitrogen and oxygen atoms in total. The fourth-order valence-corrected chi connectivity index (χ4v) is 2.91. The number of nitrogens with zero attached hydrogens (tertiary/aromatic N) is 2. The van der Waals surface area contributed by atoms with Crippen molar-refractivity contribution >= 4 is 43.8 Å². The predicted molar refractivity (Wildman–Crippen MR) is 66.9 cm³/mol. The lowest BCUT2D eigenvalue weighted by Gasteiger charge is -2.13. The molecular formula is C10H8BrN3S. The molecule has 1 N–H and O–H groups in total. The van der Waals surface area contributed by atoms with Gasteiger partial charge in [0.15, 0.2) is 5.13 Å². The first-order valence-electron chi connectivity index (χ1n) is 4.56. The largest absolute Gasteiger partial charge is 0.366 e. The highest BCUT2D eigenvalue weighted by molar-refractivity contribution is 9.10. The smallest absolute Gasteiger partial charge is 0.192 e. The van der Waals surface area contributed by atoms with Crippen LogP contribution in [0.5, 0.6) is 0 Å². The van der Waals surface area contributed by atoms with Crippen LogP contribution >= 0.6 is 27.3 Å². The van der Waals surface area contributed by atoms with Gasteiger partial charge in [0.2, 0.25) is 0 Å². The van der Waals surface area contributed by atoms with Crippen molar-refractivity contribution in [3.8, 4) is 0 Å². The van der Waals surface area contributed by atoms with Gasteiger partial charge in [0.05, 0.1) is 18.0 Å². The Labute approximate surface area is 99.9 Å².